The summed E-state index contributed by atoms with van der Waals surface area (Å²) in [6.45, 7) is 8.47. The fraction of sp³-hybridized carbons (Fsp3) is 0.0526. The number of rotatable bonds is 5. The molecule has 0 heterocycles. The zero-order valence-electron chi connectivity index (χ0n) is 21.9. The summed E-state index contributed by atoms with van der Waals surface area (Å²) in [7, 11) is 0. The van der Waals surface area contributed by atoms with E-state index in [0.717, 1.165) is 11.1 Å². The Hall–Kier alpha value is -4.68. The maximum Gasteiger partial charge on any atom is -0.00262 e. The predicted octanol–water partition coefficient (Wildman–Crippen LogP) is 11.0. The van der Waals surface area contributed by atoms with Crippen LogP contribution in [-0.4, -0.2) is 0 Å². The monoisotopic (exact) mass is 486 g/mol. The molecule has 0 spiro atoms. The van der Waals surface area contributed by atoms with E-state index in [0.29, 0.717) is 0 Å². The normalized spacial score (nSPS) is 11.4. The molecule has 0 saturated heterocycles. The van der Waals surface area contributed by atoms with E-state index < -0.39 is 0 Å². The molecule has 0 amide bonds. The molecule has 0 aliphatic rings. The van der Waals surface area contributed by atoms with Crippen molar-refractivity contribution in [2.45, 2.75) is 13.8 Å². The Morgan fingerprint density at radius 1 is 0.553 bits per heavy atom. The highest BCUT2D eigenvalue weighted by Gasteiger charge is 2.16. The van der Waals surface area contributed by atoms with Crippen LogP contribution in [0.2, 0.25) is 0 Å². The molecule has 0 aromatic heterocycles. The first kappa shape index (κ1) is 23.7. The van der Waals surface area contributed by atoms with Crippen molar-refractivity contribution in [3.8, 4) is 22.3 Å². The first-order chi connectivity index (χ1) is 18.6. The summed E-state index contributed by atoms with van der Waals surface area (Å²) in [6.07, 6.45) is 6.25. The predicted molar refractivity (Wildman–Crippen MR) is 167 cm³/mol. The quantitative estimate of drug-likeness (QED) is 0.168. The average Bonchev–Trinajstić information content (AvgIpc) is 2.95. The van der Waals surface area contributed by atoms with E-state index in [1.54, 1.807) is 0 Å². The lowest BCUT2D eigenvalue weighted by Gasteiger charge is -2.18. The summed E-state index contributed by atoms with van der Waals surface area (Å²) in [6, 6.07) is 41.9. The van der Waals surface area contributed by atoms with Gasteiger partial charge in [0.25, 0.3) is 0 Å². The Labute approximate surface area is 224 Å². The van der Waals surface area contributed by atoms with Gasteiger partial charge >= 0.3 is 0 Å². The van der Waals surface area contributed by atoms with E-state index in [4.69, 9.17) is 0 Å². The van der Waals surface area contributed by atoms with Gasteiger partial charge in [-0.3, -0.25) is 0 Å². The van der Waals surface area contributed by atoms with Crippen molar-refractivity contribution >= 4 is 37.9 Å². The summed E-state index contributed by atoms with van der Waals surface area (Å²) in [5, 5.41) is 7.61. The topological polar surface area (TPSA) is 0 Å². The molecule has 0 aliphatic heterocycles. The van der Waals surface area contributed by atoms with E-state index in [1.165, 1.54) is 60.1 Å². The lowest BCUT2D eigenvalue weighted by molar-refractivity contribution is 1.39. The second kappa shape index (κ2) is 10.00. The molecule has 0 bridgehead atoms. The van der Waals surface area contributed by atoms with Gasteiger partial charge in [-0.1, -0.05) is 140 Å². The van der Waals surface area contributed by atoms with Gasteiger partial charge in [-0.15, -0.1) is 0 Å². The third kappa shape index (κ3) is 4.35. The summed E-state index contributed by atoms with van der Waals surface area (Å²) >= 11 is 0. The summed E-state index contributed by atoms with van der Waals surface area (Å²) < 4.78 is 0. The molecule has 0 N–H and O–H groups in total. The third-order valence-corrected chi connectivity index (χ3v) is 7.24. The molecule has 6 rings (SSSR count). The van der Waals surface area contributed by atoms with Gasteiger partial charge in [-0.2, -0.15) is 0 Å². The van der Waals surface area contributed by atoms with Gasteiger partial charge < -0.3 is 0 Å². The lowest BCUT2D eigenvalue weighted by atomic mass is 9.85. The standard InChI is InChI=1S/C38H30/c1-26(2)11-10-12-27(3)28-19-22-30(23-20-28)37-33-15-6-8-17-35(33)38(36-18-9-7-16-34(36)37)32-24-21-29-13-4-5-14-31(29)25-32/h4-25H,3H2,1-2H3/b12-10-. The minimum Gasteiger partial charge on any atom is -0.0912 e. The number of benzene rings is 6. The molecule has 38 heavy (non-hydrogen) atoms. The van der Waals surface area contributed by atoms with Crippen LogP contribution in [0.15, 0.2) is 146 Å². The van der Waals surface area contributed by atoms with Crippen LogP contribution in [0.1, 0.15) is 19.4 Å². The van der Waals surface area contributed by atoms with Crippen LogP contribution < -0.4 is 0 Å². The van der Waals surface area contributed by atoms with Crippen LogP contribution in [0, 0.1) is 0 Å². The smallest absolute Gasteiger partial charge is 0.00262 e. The maximum atomic E-state index is 4.27. The van der Waals surface area contributed by atoms with Gasteiger partial charge in [-0.05, 0) is 85.6 Å². The second-order valence-corrected chi connectivity index (χ2v) is 10.1. The molecule has 0 saturated carbocycles. The van der Waals surface area contributed by atoms with Crippen molar-refractivity contribution in [2.75, 3.05) is 0 Å². The molecule has 0 atom stereocenters. The summed E-state index contributed by atoms with van der Waals surface area (Å²) in [5.41, 5.74) is 8.45. The van der Waals surface area contributed by atoms with Gasteiger partial charge in [0.1, 0.15) is 0 Å². The van der Waals surface area contributed by atoms with Gasteiger partial charge in [0.15, 0.2) is 0 Å². The lowest BCUT2D eigenvalue weighted by Crippen LogP contribution is -1.91. The first-order valence-corrected chi connectivity index (χ1v) is 13.1. The van der Waals surface area contributed by atoms with Crippen molar-refractivity contribution in [2.24, 2.45) is 0 Å². The van der Waals surface area contributed by atoms with Gasteiger partial charge in [0.05, 0.1) is 0 Å². The fourth-order valence-electron chi connectivity index (χ4n) is 5.40. The maximum absolute atomic E-state index is 4.27. The largest absolute Gasteiger partial charge is 0.0912 e. The van der Waals surface area contributed by atoms with Crippen LogP contribution in [0.4, 0.5) is 0 Å². The molecule has 0 radical (unpaired) electrons. The number of hydrogen-bond donors (Lipinski definition) is 0. The molecular weight excluding hydrogens is 456 g/mol. The van der Waals surface area contributed by atoms with Crippen LogP contribution >= 0.6 is 0 Å². The van der Waals surface area contributed by atoms with E-state index in [-0.39, 0.29) is 0 Å². The molecule has 6 aromatic rings. The molecule has 0 heteroatoms. The highest BCUT2D eigenvalue weighted by atomic mass is 14.2. The van der Waals surface area contributed by atoms with Gasteiger partial charge in [0.2, 0.25) is 0 Å². The Kier molecular flexibility index (Phi) is 6.23. The third-order valence-electron chi connectivity index (χ3n) is 7.24. The van der Waals surface area contributed by atoms with Gasteiger partial charge in [-0.25, -0.2) is 0 Å². The zero-order valence-corrected chi connectivity index (χ0v) is 21.9. The van der Waals surface area contributed by atoms with Gasteiger partial charge in [0, 0.05) is 0 Å². The summed E-state index contributed by atoms with van der Waals surface area (Å²) in [5.74, 6) is 0. The molecule has 6 aromatic carbocycles. The van der Waals surface area contributed by atoms with Crippen LogP contribution in [-0.2, 0) is 0 Å². The van der Waals surface area contributed by atoms with Crippen molar-refractivity contribution < 1.29 is 0 Å². The molecule has 0 fully saturated rings. The van der Waals surface area contributed by atoms with E-state index in [1.807, 2.05) is 0 Å². The Morgan fingerprint density at radius 3 is 1.63 bits per heavy atom. The number of fused-ring (bicyclic) bond motifs is 3. The van der Waals surface area contributed by atoms with Crippen LogP contribution in [0.3, 0.4) is 0 Å². The van der Waals surface area contributed by atoms with Crippen molar-refractivity contribution in [3.05, 3.63) is 151 Å². The Balaban J connectivity index is 1.55. The van der Waals surface area contributed by atoms with E-state index in [9.17, 15) is 0 Å². The van der Waals surface area contributed by atoms with Crippen molar-refractivity contribution in [1.82, 2.24) is 0 Å². The molecule has 0 nitrogen and oxygen atoms in total. The van der Waals surface area contributed by atoms with Crippen molar-refractivity contribution in [1.29, 1.82) is 0 Å². The Bertz CT molecular complexity index is 1820. The summed E-state index contributed by atoms with van der Waals surface area (Å²) in [4.78, 5) is 0. The average molecular weight is 487 g/mol. The van der Waals surface area contributed by atoms with Crippen molar-refractivity contribution in [3.63, 3.8) is 0 Å². The van der Waals surface area contributed by atoms with Crippen LogP contribution in [0.5, 0.6) is 0 Å². The van der Waals surface area contributed by atoms with Crippen LogP contribution in [0.25, 0.3) is 60.1 Å². The minimum atomic E-state index is 1.01. The Morgan fingerprint density at radius 2 is 1.05 bits per heavy atom. The molecular formula is C38H30. The highest BCUT2D eigenvalue weighted by molar-refractivity contribution is 6.21. The fourth-order valence-corrected chi connectivity index (χ4v) is 5.40. The first-order valence-electron chi connectivity index (χ1n) is 13.1. The SMILES string of the molecule is C=C(/C=C\C=C(C)C)c1ccc(-c2c3ccccc3c(-c3ccc4ccccc4c3)c3ccccc23)cc1. The molecule has 0 unspecified atom stereocenters. The number of allylic oxidation sites excluding steroid dienone is 5. The highest BCUT2D eigenvalue weighted by Crippen LogP contribution is 2.44. The zero-order chi connectivity index (χ0) is 26.1. The molecule has 182 valence electrons. The van der Waals surface area contributed by atoms with E-state index >= 15 is 0 Å². The second-order valence-electron chi connectivity index (χ2n) is 10.1. The van der Waals surface area contributed by atoms with E-state index in [2.05, 4.69) is 154 Å². The molecule has 0 aliphatic carbocycles. The minimum absolute atomic E-state index is 1.01. The number of hydrogen-bond acceptors (Lipinski definition) is 0.